The van der Waals surface area contributed by atoms with Crippen molar-refractivity contribution in [1.29, 1.82) is 0 Å². The van der Waals surface area contributed by atoms with Crippen molar-refractivity contribution in [2.45, 2.75) is 32.9 Å². The predicted octanol–water partition coefficient (Wildman–Crippen LogP) is 2.81. The average Bonchev–Trinajstić information content (AvgIpc) is 2.36. The lowest BCUT2D eigenvalue weighted by Crippen LogP contribution is -2.52. The molecule has 0 fully saturated rings. The molecule has 102 valence electrons. The van der Waals surface area contributed by atoms with Gasteiger partial charge in [0.2, 0.25) is 0 Å². The van der Waals surface area contributed by atoms with E-state index in [1.54, 1.807) is 7.11 Å². The molecule has 0 aliphatic heterocycles. The van der Waals surface area contributed by atoms with Gasteiger partial charge in [0.05, 0.1) is 7.11 Å². The molecule has 0 aliphatic carbocycles. The van der Waals surface area contributed by atoms with Gasteiger partial charge in [-0.15, -0.1) is 0 Å². The smallest absolute Gasteiger partial charge is 0.124 e. The molecule has 0 saturated heterocycles. The van der Waals surface area contributed by atoms with Crippen molar-refractivity contribution in [3.63, 3.8) is 0 Å². The molecule has 0 radical (unpaired) electrons. The highest BCUT2D eigenvalue weighted by Gasteiger charge is 2.26. The molecular formula is C14H23ClN2O. The molecule has 4 heteroatoms. The van der Waals surface area contributed by atoms with Crippen molar-refractivity contribution in [1.82, 2.24) is 5.32 Å². The number of nitrogens with two attached hydrogens (primary N) is 1. The molecule has 0 spiro atoms. The SMILES string of the molecule is COc1cc(Cl)ccc1CNC(C)(CN)C(C)C. The highest BCUT2D eigenvalue weighted by atomic mass is 35.5. The van der Waals surface area contributed by atoms with Crippen molar-refractivity contribution in [3.05, 3.63) is 28.8 Å². The minimum atomic E-state index is -0.0787. The second-order valence-electron chi connectivity index (χ2n) is 5.09. The lowest BCUT2D eigenvalue weighted by molar-refractivity contribution is 0.265. The molecule has 1 aromatic rings. The number of ether oxygens (including phenoxy) is 1. The Labute approximate surface area is 115 Å². The summed E-state index contributed by atoms with van der Waals surface area (Å²) in [5.41, 5.74) is 6.86. The summed E-state index contributed by atoms with van der Waals surface area (Å²) < 4.78 is 5.33. The van der Waals surface area contributed by atoms with E-state index >= 15 is 0 Å². The molecule has 0 amide bonds. The number of methoxy groups -OCH3 is 1. The molecular weight excluding hydrogens is 248 g/mol. The van der Waals surface area contributed by atoms with Crippen molar-refractivity contribution < 1.29 is 4.74 Å². The summed E-state index contributed by atoms with van der Waals surface area (Å²) in [4.78, 5) is 0. The quantitative estimate of drug-likeness (QED) is 0.836. The third-order valence-corrected chi connectivity index (χ3v) is 3.87. The maximum atomic E-state index is 5.94. The van der Waals surface area contributed by atoms with Gasteiger partial charge in [-0.1, -0.05) is 31.5 Å². The second-order valence-corrected chi connectivity index (χ2v) is 5.52. The van der Waals surface area contributed by atoms with E-state index in [0.29, 0.717) is 24.0 Å². The van der Waals surface area contributed by atoms with Crippen LogP contribution in [0.5, 0.6) is 5.75 Å². The van der Waals surface area contributed by atoms with Gasteiger partial charge in [0.25, 0.3) is 0 Å². The maximum absolute atomic E-state index is 5.94. The Kier molecular flexibility index (Phi) is 5.45. The van der Waals surface area contributed by atoms with Crippen LogP contribution in [-0.2, 0) is 6.54 Å². The van der Waals surface area contributed by atoms with Crippen molar-refractivity contribution in [3.8, 4) is 5.75 Å². The minimum Gasteiger partial charge on any atom is -0.496 e. The average molecular weight is 271 g/mol. The maximum Gasteiger partial charge on any atom is 0.124 e. The Bertz CT molecular complexity index is 395. The highest BCUT2D eigenvalue weighted by molar-refractivity contribution is 6.30. The summed E-state index contributed by atoms with van der Waals surface area (Å²) in [6.45, 7) is 7.78. The Balaban J connectivity index is 2.80. The Hall–Kier alpha value is -0.770. The first kappa shape index (κ1) is 15.3. The van der Waals surface area contributed by atoms with E-state index in [0.717, 1.165) is 11.3 Å². The number of hydrogen-bond acceptors (Lipinski definition) is 3. The van der Waals surface area contributed by atoms with E-state index in [2.05, 4.69) is 26.1 Å². The second kappa shape index (κ2) is 6.41. The summed E-state index contributed by atoms with van der Waals surface area (Å²) in [6.07, 6.45) is 0. The van der Waals surface area contributed by atoms with Gasteiger partial charge < -0.3 is 15.8 Å². The van der Waals surface area contributed by atoms with Crippen molar-refractivity contribution in [2.75, 3.05) is 13.7 Å². The van der Waals surface area contributed by atoms with Crippen LogP contribution in [0.1, 0.15) is 26.3 Å². The van der Waals surface area contributed by atoms with Crippen LogP contribution < -0.4 is 15.8 Å². The van der Waals surface area contributed by atoms with Crippen LogP contribution in [-0.4, -0.2) is 19.2 Å². The summed E-state index contributed by atoms with van der Waals surface area (Å²) in [5.74, 6) is 1.26. The zero-order valence-electron chi connectivity index (χ0n) is 11.6. The van der Waals surface area contributed by atoms with Gasteiger partial charge in [-0.3, -0.25) is 0 Å². The molecule has 0 bridgehead atoms. The molecule has 18 heavy (non-hydrogen) atoms. The standard InChI is InChI=1S/C14H23ClN2O/c1-10(2)14(3,9-16)17-8-11-5-6-12(15)7-13(11)18-4/h5-7,10,17H,8-9,16H2,1-4H3. The topological polar surface area (TPSA) is 47.3 Å². The van der Waals surface area contributed by atoms with Crippen LogP contribution in [0.4, 0.5) is 0 Å². The molecule has 0 heterocycles. The third kappa shape index (κ3) is 3.61. The number of halogens is 1. The number of benzene rings is 1. The van der Waals surface area contributed by atoms with Crippen LogP contribution >= 0.6 is 11.6 Å². The van der Waals surface area contributed by atoms with Gasteiger partial charge in [0, 0.05) is 29.2 Å². The lowest BCUT2D eigenvalue weighted by Gasteiger charge is -2.34. The van der Waals surface area contributed by atoms with Crippen LogP contribution in [0, 0.1) is 5.92 Å². The van der Waals surface area contributed by atoms with Crippen molar-refractivity contribution >= 4 is 11.6 Å². The fourth-order valence-electron chi connectivity index (χ4n) is 1.67. The molecule has 3 N–H and O–H groups in total. The minimum absolute atomic E-state index is 0.0787. The normalized spacial score (nSPS) is 14.6. The molecule has 0 aromatic heterocycles. The van der Waals surface area contributed by atoms with Crippen LogP contribution in [0.2, 0.25) is 5.02 Å². The van der Waals surface area contributed by atoms with Gasteiger partial charge in [-0.05, 0) is 25.0 Å². The Morgan fingerprint density at radius 2 is 2.11 bits per heavy atom. The van der Waals surface area contributed by atoms with Crippen molar-refractivity contribution in [2.24, 2.45) is 11.7 Å². The molecule has 1 rings (SSSR count). The number of rotatable bonds is 6. The number of hydrogen-bond donors (Lipinski definition) is 2. The molecule has 1 unspecified atom stereocenters. The molecule has 0 saturated carbocycles. The van der Waals surface area contributed by atoms with Gasteiger partial charge in [0.15, 0.2) is 0 Å². The van der Waals surface area contributed by atoms with Gasteiger partial charge >= 0.3 is 0 Å². The fourth-order valence-corrected chi connectivity index (χ4v) is 1.84. The van der Waals surface area contributed by atoms with E-state index in [4.69, 9.17) is 22.1 Å². The Morgan fingerprint density at radius 1 is 1.44 bits per heavy atom. The van der Waals surface area contributed by atoms with Crippen LogP contribution in [0.15, 0.2) is 18.2 Å². The zero-order valence-corrected chi connectivity index (χ0v) is 12.3. The van der Waals surface area contributed by atoms with E-state index in [1.807, 2.05) is 18.2 Å². The first-order valence-corrected chi connectivity index (χ1v) is 6.58. The summed E-state index contributed by atoms with van der Waals surface area (Å²) in [5, 5.41) is 4.19. The summed E-state index contributed by atoms with van der Waals surface area (Å²) in [7, 11) is 1.65. The molecule has 3 nitrogen and oxygen atoms in total. The van der Waals surface area contributed by atoms with Crippen LogP contribution in [0.3, 0.4) is 0 Å². The van der Waals surface area contributed by atoms with E-state index in [9.17, 15) is 0 Å². The monoisotopic (exact) mass is 270 g/mol. The molecule has 1 atom stereocenters. The highest BCUT2D eigenvalue weighted by Crippen LogP contribution is 2.24. The summed E-state index contributed by atoms with van der Waals surface area (Å²) in [6, 6.07) is 5.68. The zero-order chi connectivity index (χ0) is 13.8. The molecule has 0 aliphatic rings. The number of nitrogens with one attached hydrogen (secondary N) is 1. The largest absolute Gasteiger partial charge is 0.496 e. The van der Waals surface area contributed by atoms with Crippen LogP contribution in [0.25, 0.3) is 0 Å². The third-order valence-electron chi connectivity index (χ3n) is 3.63. The predicted molar refractivity (Wildman–Crippen MR) is 77.1 cm³/mol. The van der Waals surface area contributed by atoms with E-state index < -0.39 is 0 Å². The first-order chi connectivity index (χ1) is 8.42. The summed E-state index contributed by atoms with van der Waals surface area (Å²) >= 11 is 5.94. The molecule has 1 aromatic carbocycles. The van der Waals surface area contributed by atoms with Gasteiger partial charge in [-0.2, -0.15) is 0 Å². The fraction of sp³-hybridized carbons (Fsp3) is 0.571. The van der Waals surface area contributed by atoms with Gasteiger partial charge in [0.1, 0.15) is 5.75 Å². The van der Waals surface area contributed by atoms with Gasteiger partial charge in [-0.25, -0.2) is 0 Å². The Morgan fingerprint density at radius 3 is 2.61 bits per heavy atom. The lowest BCUT2D eigenvalue weighted by atomic mass is 9.88. The van der Waals surface area contributed by atoms with E-state index in [1.165, 1.54) is 0 Å². The van der Waals surface area contributed by atoms with E-state index in [-0.39, 0.29) is 5.54 Å². The first-order valence-electron chi connectivity index (χ1n) is 6.20.